The second kappa shape index (κ2) is 12.7. The fourth-order valence-electron chi connectivity index (χ4n) is 5.52. The van der Waals surface area contributed by atoms with E-state index in [-0.39, 0.29) is 53.5 Å². The number of hydrogen-bond acceptors (Lipinski definition) is 7. The van der Waals surface area contributed by atoms with E-state index in [2.05, 4.69) is 10.6 Å². The lowest BCUT2D eigenvalue weighted by atomic mass is 9.54. The molecular weight excluding hydrogens is 569 g/mol. The van der Waals surface area contributed by atoms with Gasteiger partial charge in [-0.1, -0.05) is 23.2 Å². The fraction of sp³-hybridized carbons (Fsp3) is 0.464. The summed E-state index contributed by atoms with van der Waals surface area (Å²) in [5, 5.41) is 5.66. The Morgan fingerprint density at radius 2 is 1.50 bits per heavy atom. The minimum Gasteiger partial charge on any atom is -0.486 e. The Kier molecular flexibility index (Phi) is 9.53. The zero-order valence-corrected chi connectivity index (χ0v) is 23.4. The lowest BCUT2D eigenvalue weighted by Crippen LogP contribution is -2.66. The molecule has 5 rings (SSSR count). The molecule has 3 aliphatic rings. The van der Waals surface area contributed by atoms with Crippen LogP contribution < -0.4 is 20.1 Å². The van der Waals surface area contributed by atoms with E-state index in [1.54, 1.807) is 7.05 Å². The number of benzene rings is 2. The number of hydrogen-bond donors (Lipinski definition) is 2. The van der Waals surface area contributed by atoms with Crippen molar-refractivity contribution in [1.82, 2.24) is 10.6 Å². The minimum absolute atomic E-state index is 0.0107. The Labute approximate surface area is 240 Å². The molecule has 2 N–H and O–H groups in total. The van der Waals surface area contributed by atoms with E-state index in [0.717, 1.165) is 12.1 Å². The van der Waals surface area contributed by atoms with Crippen LogP contribution in [0.5, 0.6) is 11.5 Å². The van der Waals surface area contributed by atoms with Crippen LogP contribution in [0.1, 0.15) is 38.5 Å². The van der Waals surface area contributed by atoms with Crippen molar-refractivity contribution in [3.63, 3.8) is 0 Å². The maximum Gasteiger partial charge on any atom is 0.320 e. The van der Waals surface area contributed by atoms with Crippen molar-refractivity contribution in [2.75, 3.05) is 26.8 Å². The molecule has 0 aliphatic heterocycles. The van der Waals surface area contributed by atoms with Crippen LogP contribution in [0.25, 0.3) is 0 Å². The van der Waals surface area contributed by atoms with Gasteiger partial charge in [-0.3, -0.25) is 14.4 Å². The van der Waals surface area contributed by atoms with Gasteiger partial charge in [0.2, 0.25) is 0 Å². The minimum atomic E-state index is -0.822. The van der Waals surface area contributed by atoms with Gasteiger partial charge in [0.25, 0.3) is 5.91 Å². The van der Waals surface area contributed by atoms with Gasteiger partial charge < -0.3 is 24.8 Å². The number of carbonyl (C=O) groups excluding carboxylic acids is 3. The molecule has 3 aliphatic carbocycles. The number of amides is 1. The van der Waals surface area contributed by atoms with E-state index in [1.165, 1.54) is 24.3 Å². The van der Waals surface area contributed by atoms with Crippen LogP contribution in [0.15, 0.2) is 36.4 Å². The lowest BCUT2D eigenvalue weighted by molar-refractivity contribution is -0.170. The average molecular weight is 599 g/mol. The quantitative estimate of drug-likeness (QED) is 0.343. The maximum absolute atomic E-state index is 13.7. The van der Waals surface area contributed by atoms with Crippen molar-refractivity contribution in [3.8, 4) is 11.5 Å². The van der Waals surface area contributed by atoms with E-state index in [9.17, 15) is 23.2 Å². The standard InChI is InChI=1S/C28H30Cl2F2N2O6/c1-33-14-26(37)40-24-13-27(12-17(35)15-38-18-2-4-20(29)22(31)10-18)6-8-28(24,9-7-27)34-25(36)16-39-19-3-5-21(30)23(32)11-19/h2-5,10-11,24,33H,6-9,12-16H2,1H3,(H,34,36)/t24-,27?,28?/m1/s1. The van der Waals surface area contributed by atoms with E-state index >= 15 is 0 Å². The maximum atomic E-state index is 13.7. The summed E-state index contributed by atoms with van der Waals surface area (Å²) in [5.74, 6) is -2.04. The molecule has 0 aromatic heterocycles. The van der Waals surface area contributed by atoms with Gasteiger partial charge in [-0.25, -0.2) is 8.78 Å². The third kappa shape index (κ3) is 7.21. The summed E-state index contributed by atoms with van der Waals surface area (Å²) in [5.41, 5.74) is -1.25. The molecule has 40 heavy (non-hydrogen) atoms. The van der Waals surface area contributed by atoms with Crippen LogP contribution in [0.3, 0.4) is 0 Å². The Hall–Kier alpha value is -2.95. The third-order valence-corrected chi connectivity index (χ3v) is 8.16. The van der Waals surface area contributed by atoms with Crippen LogP contribution in [-0.2, 0) is 19.1 Å². The van der Waals surface area contributed by atoms with Gasteiger partial charge in [0.1, 0.15) is 35.8 Å². The molecule has 0 radical (unpaired) electrons. The second-order valence-corrected chi connectivity index (χ2v) is 11.2. The van der Waals surface area contributed by atoms with Crippen molar-refractivity contribution >= 4 is 40.9 Å². The molecule has 1 amide bonds. The first kappa shape index (κ1) is 30.0. The summed E-state index contributed by atoms with van der Waals surface area (Å²) in [6, 6.07) is 7.85. The number of likely N-dealkylation sites (N-methyl/N-ethyl adjacent to an activating group) is 1. The zero-order valence-electron chi connectivity index (χ0n) is 21.9. The number of nitrogens with one attached hydrogen (secondary N) is 2. The van der Waals surface area contributed by atoms with Crippen LogP contribution in [0.2, 0.25) is 10.0 Å². The van der Waals surface area contributed by atoms with Crippen LogP contribution in [0.4, 0.5) is 8.78 Å². The number of esters is 1. The van der Waals surface area contributed by atoms with Crippen molar-refractivity contribution < 1.29 is 37.4 Å². The predicted octanol–water partition coefficient (Wildman–Crippen LogP) is 4.64. The highest BCUT2D eigenvalue weighted by Crippen LogP contribution is 2.55. The van der Waals surface area contributed by atoms with Crippen LogP contribution in [0, 0.1) is 17.0 Å². The van der Waals surface area contributed by atoms with Gasteiger partial charge in [-0.15, -0.1) is 0 Å². The van der Waals surface area contributed by atoms with Gasteiger partial charge in [0.15, 0.2) is 12.4 Å². The van der Waals surface area contributed by atoms with Gasteiger partial charge in [-0.05, 0) is 68.8 Å². The van der Waals surface area contributed by atoms with Gasteiger partial charge in [-0.2, -0.15) is 0 Å². The van der Waals surface area contributed by atoms with Crippen molar-refractivity contribution in [2.24, 2.45) is 5.41 Å². The summed E-state index contributed by atoms with van der Waals surface area (Å²) >= 11 is 11.4. The molecule has 2 aromatic carbocycles. The first-order valence-electron chi connectivity index (χ1n) is 12.9. The summed E-state index contributed by atoms with van der Waals surface area (Å²) < 4.78 is 44.1. The summed E-state index contributed by atoms with van der Waals surface area (Å²) in [6.45, 7) is -0.618. The number of fused-ring (bicyclic) bond motifs is 3. The molecule has 0 unspecified atom stereocenters. The molecular formula is C28H30Cl2F2N2O6. The monoisotopic (exact) mass is 598 g/mol. The Morgan fingerprint density at radius 1 is 0.925 bits per heavy atom. The Balaban J connectivity index is 1.39. The largest absolute Gasteiger partial charge is 0.486 e. The number of Topliss-reactive ketones (excluding diaryl/α,β-unsaturated/α-hetero) is 1. The second-order valence-electron chi connectivity index (χ2n) is 10.4. The van der Waals surface area contributed by atoms with Crippen molar-refractivity contribution in [1.29, 1.82) is 0 Å². The molecule has 216 valence electrons. The number of ketones is 1. The molecule has 0 saturated heterocycles. The molecule has 2 aromatic rings. The molecule has 2 bridgehead atoms. The highest BCUT2D eigenvalue weighted by molar-refractivity contribution is 6.31. The lowest BCUT2D eigenvalue weighted by Gasteiger charge is -2.57. The van der Waals surface area contributed by atoms with Gasteiger partial charge >= 0.3 is 5.97 Å². The summed E-state index contributed by atoms with van der Waals surface area (Å²) in [7, 11) is 1.62. The van der Waals surface area contributed by atoms with Crippen molar-refractivity contribution in [2.45, 2.75) is 50.2 Å². The first-order chi connectivity index (χ1) is 19.0. The summed E-state index contributed by atoms with van der Waals surface area (Å²) in [6.07, 6.45) is 2.14. The van der Waals surface area contributed by atoms with Crippen LogP contribution in [-0.4, -0.2) is 56.1 Å². The van der Waals surface area contributed by atoms with E-state index in [0.29, 0.717) is 32.1 Å². The fourth-order valence-corrected chi connectivity index (χ4v) is 5.76. The molecule has 8 nitrogen and oxygen atoms in total. The molecule has 3 fully saturated rings. The summed E-state index contributed by atoms with van der Waals surface area (Å²) in [4.78, 5) is 38.2. The Morgan fingerprint density at radius 3 is 2.05 bits per heavy atom. The van der Waals surface area contributed by atoms with E-state index < -0.39 is 40.6 Å². The first-order valence-corrected chi connectivity index (χ1v) is 13.6. The molecule has 1 atom stereocenters. The van der Waals surface area contributed by atoms with E-state index in [4.69, 9.17) is 37.4 Å². The highest BCUT2D eigenvalue weighted by atomic mass is 35.5. The van der Waals surface area contributed by atoms with Crippen LogP contribution >= 0.6 is 23.2 Å². The highest BCUT2D eigenvalue weighted by Gasteiger charge is 2.57. The van der Waals surface area contributed by atoms with Gasteiger partial charge in [0.05, 0.1) is 22.1 Å². The zero-order chi connectivity index (χ0) is 28.9. The molecule has 12 heteroatoms. The molecule has 0 spiro atoms. The van der Waals surface area contributed by atoms with Gasteiger partial charge in [0, 0.05) is 18.6 Å². The predicted molar refractivity (Wildman–Crippen MR) is 144 cm³/mol. The topological polar surface area (TPSA) is 103 Å². The third-order valence-electron chi connectivity index (χ3n) is 7.54. The SMILES string of the molecule is CNCC(=O)O[C@@H]1CC2(CC(=O)COc3ccc(Cl)c(F)c3)CCC1(NC(=O)COc1ccc(Cl)c(F)c1)CC2. The number of rotatable bonds is 12. The average Bonchev–Trinajstić information content (AvgIpc) is 2.91. The smallest absolute Gasteiger partial charge is 0.320 e. The normalized spacial score (nSPS) is 23.4. The molecule has 0 heterocycles. The van der Waals surface area contributed by atoms with Crippen molar-refractivity contribution in [3.05, 3.63) is 58.1 Å². The van der Waals surface area contributed by atoms with E-state index in [1.807, 2.05) is 0 Å². The molecule has 3 saturated carbocycles. The Bertz CT molecular complexity index is 1270. The number of carbonyl (C=O) groups is 3. The number of halogens is 4. The number of ether oxygens (including phenoxy) is 3.